The number of aliphatic hydroxyl groups is 1. The van der Waals surface area contributed by atoms with E-state index in [0.717, 1.165) is 24.4 Å². The van der Waals surface area contributed by atoms with E-state index in [1.54, 1.807) is 0 Å². The number of rotatable bonds is 6. The predicted octanol–water partition coefficient (Wildman–Crippen LogP) is 2.89. The molecular formula is C13H18ClNOS. The van der Waals surface area contributed by atoms with Crippen molar-refractivity contribution < 1.29 is 5.11 Å². The average molecular weight is 272 g/mol. The second-order valence-electron chi connectivity index (χ2n) is 4.38. The topological polar surface area (TPSA) is 23.5 Å². The highest BCUT2D eigenvalue weighted by molar-refractivity contribution is 8.00. The summed E-state index contributed by atoms with van der Waals surface area (Å²) in [4.78, 5) is 3.75. The maximum Gasteiger partial charge on any atom is 0.0431 e. The first kappa shape index (κ1) is 13.2. The van der Waals surface area contributed by atoms with Crippen molar-refractivity contribution in [1.29, 1.82) is 0 Å². The third-order valence-electron chi connectivity index (χ3n) is 2.92. The standard InChI is InChI=1S/C13H18ClNOS/c14-11-3-5-12(6-4-11)17-13-9-15(10-13)7-1-2-8-16/h3-6,13,16H,1-2,7-10H2. The molecule has 1 aliphatic rings. The van der Waals surface area contributed by atoms with Gasteiger partial charge in [-0.2, -0.15) is 0 Å². The lowest BCUT2D eigenvalue weighted by Gasteiger charge is -2.38. The lowest BCUT2D eigenvalue weighted by Crippen LogP contribution is -2.49. The molecule has 1 N–H and O–H groups in total. The van der Waals surface area contributed by atoms with Crippen molar-refractivity contribution in [1.82, 2.24) is 4.90 Å². The Morgan fingerprint density at radius 1 is 1.24 bits per heavy atom. The number of thioether (sulfide) groups is 1. The van der Waals surface area contributed by atoms with Gasteiger partial charge in [-0.25, -0.2) is 0 Å². The summed E-state index contributed by atoms with van der Waals surface area (Å²) in [6.07, 6.45) is 2.03. The second kappa shape index (κ2) is 6.64. The summed E-state index contributed by atoms with van der Waals surface area (Å²) < 4.78 is 0. The van der Waals surface area contributed by atoms with Crippen molar-refractivity contribution in [3.8, 4) is 0 Å². The van der Waals surface area contributed by atoms with Gasteiger partial charge in [-0.05, 0) is 43.7 Å². The number of likely N-dealkylation sites (tertiary alicyclic amines) is 1. The predicted molar refractivity (Wildman–Crippen MR) is 73.9 cm³/mol. The summed E-state index contributed by atoms with van der Waals surface area (Å²) in [7, 11) is 0. The molecule has 1 aromatic carbocycles. The van der Waals surface area contributed by atoms with Crippen LogP contribution in [-0.2, 0) is 0 Å². The molecule has 94 valence electrons. The second-order valence-corrected chi connectivity index (χ2v) is 6.19. The number of nitrogens with zero attached hydrogens (tertiary/aromatic N) is 1. The molecule has 1 fully saturated rings. The molecule has 2 rings (SSSR count). The van der Waals surface area contributed by atoms with Crippen LogP contribution in [0.1, 0.15) is 12.8 Å². The zero-order chi connectivity index (χ0) is 12.1. The van der Waals surface area contributed by atoms with E-state index in [4.69, 9.17) is 16.7 Å². The molecule has 0 atom stereocenters. The summed E-state index contributed by atoms with van der Waals surface area (Å²) in [6, 6.07) is 8.06. The van der Waals surface area contributed by atoms with Crippen molar-refractivity contribution in [2.75, 3.05) is 26.2 Å². The first-order valence-electron chi connectivity index (χ1n) is 6.03. The Balaban J connectivity index is 1.65. The fraction of sp³-hybridized carbons (Fsp3) is 0.538. The Morgan fingerprint density at radius 2 is 1.94 bits per heavy atom. The molecule has 1 heterocycles. The lowest BCUT2D eigenvalue weighted by molar-refractivity contribution is 0.179. The van der Waals surface area contributed by atoms with Crippen LogP contribution in [0, 0.1) is 0 Å². The average Bonchev–Trinajstić information content (AvgIpc) is 2.28. The van der Waals surface area contributed by atoms with Gasteiger partial charge in [0.05, 0.1) is 0 Å². The van der Waals surface area contributed by atoms with Gasteiger partial charge in [-0.1, -0.05) is 11.6 Å². The van der Waals surface area contributed by atoms with E-state index in [1.165, 1.54) is 18.0 Å². The molecule has 2 nitrogen and oxygen atoms in total. The van der Waals surface area contributed by atoms with Gasteiger partial charge in [0.1, 0.15) is 0 Å². The van der Waals surface area contributed by atoms with Gasteiger partial charge in [-0.15, -0.1) is 11.8 Å². The Hall–Kier alpha value is -0.220. The van der Waals surface area contributed by atoms with Crippen LogP contribution in [0.4, 0.5) is 0 Å². The van der Waals surface area contributed by atoms with Crippen LogP contribution in [0.5, 0.6) is 0 Å². The van der Waals surface area contributed by atoms with Gasteiger partial charge >= 0.3 is 0 Å². The normalized spacial score (nSPS) is 17.1. The highest BCUT2D eigenvalue weighted by atomic mass is 35.5. The van der Waals surface area contributed by atoms with Gasteiger partial charge < -0.3 is 10.0 Å². The van der Waals surface area contributed by atoms with Gasteiger partial charge in [-0.3, -0.25) is 0 Å². The van der Waals surface area contributed by atoms with Crippen molar-refractivity contribution in [3.05, 3.63) is 29.3 Å². The van der Waals surface area contributed by atoms with Crippen molar-refractivity contribution in [3.63, 3.8) is 0 Å². The minimum Gasteiger partial charge on any atom is -0.396 e. The van der Waals surface area contributed by atoms with Crippen molar-refractivity contribution in [2.45, 2.75) is 23.0 Å². The van der Waals surface area contributed by atoms with E-state index in [9.17, 15) is 0 Å². The molecule has 4 heteroatoms. The molecule has 0 radical (unpaired) electrons. The zero-order valence-electron chi connectivity index (χ0n) is 9.81. The maximum absolute atomic E-state index is 8.71. The highest BCUT2D eigenvalue weighted by Gasteiger charge is 2.26. The molecule has 0 aromatic heterocycles. The molecule has 1 aromatic rings. The summed E-state index contributed by atoms with van der Waals surface area (Å²) in [5.74, 6) is 0. The SMILES string of the molecule is OCCCCN1CC(Sc2ccc(Cl)cc2)C1. The van der Waals surface area contributed by atoms with Crippen LogP contribution in [0.2, 0.25) is 5.02 Å². The molecule has 0 amide bonds. The number of hydrogen-bond donors (Lipinski definition) is 1. The van der Waals surface area contributed by atoms with Gasteiger partial charge in [0, 0.05) is 34.9 Å². The molecule has 0 unspecified atom stereocenters. The number of unbranched alkanes of at least 4 members (excludes halogenated alkanes) is 1. The highest BCUT2D eigenvalue weighted by Crippen LogP contribution is 2.30. The number of halogens is 1. The van der Waals surface area contributed by atoms with Crippen LogP contribution in [0.15, 0.2) is 29.2 Å². The maximum atomic E-state index is 8.71. The Kier molecular flexibility index (Phi) is 5.16. The Bertz CT molecular complexity index is 338. The molecule has 0 aliphatic carbocycles. The third kappa shape index (κ3) is 4.18. The van der Waals surface area contributed by atoms with Crippen LogP contribution in [0.3, 0.4) is 0 Å². The first-order valence-corrected chi connectivity index (χ1v) is 7.29. The molecule has 17 heavy (non-hydrogen) atoms. The summed E-state index contributed by atoms with van der Waals surface area (Å²) in [5, 5.41) is 10.2. The van der Waals surface area contributed by atoms with Gasteiger partial charge in [0.2, 0.25) is 0 Å². The Labute approximate surface area is 112 Å². The monoisotopic (exact) mass is 271 g/mol. The summed E-state index contributed by atoms with van der Waals surface area (Å²) in [6.45, 7) is 3.77. The third-order valence-corrected chi connectivity index (χ3v) is 4.35. The summed E-state index contributed by atoms with van der Waals surface area (Å²) in [5.41, 5.74) is 0. The smallest absolute Gasteiger partial charge is 0.0431 e. The fourth-order valence-electron chi connectivity index (χ4n) is 1.93. The molecule has 0 spiro atoms. The van der Waals surface area contributed by atoms with E-state index in [2.05, 4.69) is 17.0 Å². The number of benzene rings is 1. The first-order chi connectivity index (χ1) is 8.28. The quantitative estimate of drug-likeness (QED) is 0.805. The van der Waals surface area contributed by atoms with Gasteiger partial charge in [0.15, 0.2) is 0 Å². The fourth-order valence-corrected chi connectivity index (χ4v) is 3.31. The van der Waals surface area contributed by atoms with E-state index in [0.29, 0.717) is 11.9 Å². The van der Waals surface area contributed by atoms with Crippen LogP contribution < -0.4 is 0 Å². The molecular weight excluding hydrogens is 254 g/mol. The van der Waals surface area contributed by atoms with E-state index in [-0.39, 0.29) is 0 Å². The minimum atomic E-state index is 0.316. The Morgan fingerprint density at radius 3 is 2.59 bits per heavy atom. The lowest BCUT2D eigenvalue weighted by atomic mass is 10.2. The largest absolute Gasteiger partial charge is 0.396 e. The van der Waals surface area contributed by atoms with E-state index >= 15 is 0 Å². The number of aliphatic hydroxyl groups excluding tert-OH is 1. The van der Waals surface area contributed by atoms with Crippen LogP contribution in [0.25, 0.3) is 0 Å². The molecule has 1 saturated heterocycles. The number of hydrogen-bond acceptors (Lipinski definition) is 3. The zero-order valence-corrected chi connectivity index (χ0v) is 11.4. The van der Waals surface area contributed by atoms with Crippen LogP contribution >= 0.6 is 23.4 Å². The summed E-state index contributed by atoms with van der Waals surface area (Å²) >= 11 is 7.78. The van der Waals surface area contributed by atoms with Crippen molar-refractivity contribution in [2.24, 2.45) is 0 Å². The van der Waals surface area contributed by atoms with E-state index < -0.39 is 0 Å². The minimum absolute atomic E-state index is 0.316. The van der Waals surface area contributed by atoms with Crippen LogP contribution in [-0.4, -0.2) is 41.5 Å². The molecule has 1 aliphatic heterocycles. The van der Waals surface area contributed by atoms with Crippen molar-refractivity contribution >= 4 is 23.4 Å². The molecule has 0 bridgehead atoms. The van der Waals surface area contributed by atoms with E-state index in [1.807, 2.05) is 23.9 Å². The van der Waals surface area contributed by atoms with Gasteiger partial charge in [0.25, 0.3) is 0 Å². The molecule has 0 saturated carbocycles.